The molecule has 1 atom stereocenters. The molecule has 33 heavy (non-hydrogen) atoms. The number of likely N-dealkylation sites (N-methyl/N-ethyl adjacent to an activating group) is 1. The number of nitrogens with one attached hydrogen (secondary N) is 2. The highest BCUT2D eigenvalue weighted by molar-refractivity contribution is 14.0. The standard InChI is InChI=1S/C25H37N5O2.HI/c1-6-20(4)32-23-16-19(3)11-12-21(23)17-28-25(26-7-2)29-18-24(31)30(5)15-13-22-10-8-9-14-27-22;/h8-12,14,16,20H,6-7,13,15,17-18H2,1-5H3,(H2,26,28,29);1H. The van der Waals surface area contributed by atoms with E-state index in [0.717, 1.165) is 35.4 Å². The third kappa shape index (κ3) is 10.4. The lowest BCUT2D eigenvalue weighted by Crippen LogP contribution is -2.44. The summed E-state index contributed by atoms with van der Waals surface area (Å²) in [4.78, 5) is 23.2. The van der Waals surface area contributed by atoms with Gasteiger partial charge in [-0.1, -0.05) is 25.1 Å². The predicted octanol–water partition coefficient (Wildman–Crippen LogP) is 3.94. The topological polar surface area (TPSA) is 78.9 Å². The molecule has 0 saturated heterocycles. The number of carbonyl (C=O) groups excluding carboxylic acids is 1. The van der Waals surface area contributed by atoms with E-state index in [0.29, 0.717) is 25.6 Å². The van der Waals surface area contributed by atoms with Crippen LogP contribution in [-0.4, -0.2) is 54.5 Å². The smallest absolute Gasteiger partial charge is 0.241 e. The Kier molecular flexibility index (Phi) is 13.4. The van der Waals surface area contributed by atoms with Gasteiger partial charge in [0, 0.05) is 44.0 Å². The van der Waals surface area contributed by atoms with Gasteiger partial charge in [-0.2, -0.15) is 0 Å². The lowest BCUT2D eigenvalue weighted by Gasteiger charge is -2.19. The number of carbonyl (C=O) groups is 1. The van der Waals surface area contributed by atoms with Crippen molar-refractivity contribution in [2.45, 2.75) is 53.2 Å². The Morgan fingerprint density at radius 1 is 1.21 bits per heavy atom. The number of ether oxygens (including phenoxy) is 1. The zero-order chi connectivity index (χ0) is 23.3. The molecule has 0 saturated carbocycles. The van der Waals surface area contributed by atoms with Gasteiger partial charge in [-0.3, -0.25) is 9.78 Å². The van der Waals surface area contributed by atoms with Crippen LogP contribution in [0.3, 0.4) is 0 Å². The molecule has 0 aliphatic rings. The lowest BCUT2D eigenvalue weighted by molar-refractivity contribution is -0.128. The molecule has 0 bridgehead atoms. The molecule has 0 spiro atoms. The zero-order valence-electron chi connectivity index (χ0n) is 20.4. The van der Waals surface area contributed by atoms with Gasteiger partial charge in [0.2, 0.25) is 5.91 Å². The minimum atomic E-state index is 0. The van der Waals surface area contributed by atoms with Gasteiger partial charge in [0.05, 0.1) is 19.2 Å². The first kappa shape index (κ1) is 28.7. The molecule has 0 radical (unpaired) electrons. The summed E-state index contributed by atoms with van der Waals surface area (Å²) in [6, 6.07) is 12.0. The Morgan fingerprint density at radius 3 is 2.67 bits per heavy atom. The van der Waals surface area contributed by atoms with E-state index >= 15 is 0 Å². The second-order valence-corrected chi connectivity index (χ2v) is 7.88. The van der Waals surface area contributed by atoms with Crippen LogP contribution in [0, 0.1) is 6.92 Å². The van der Waals surface area contributed by atoms with Gasteiger partial charge < -0.3 is 20.3 Å². The number of hydrogen-bond acceptors (Lipinski definition) is 4. The van der Waals surface area contributed by atoms with E-state index in [1.807, 2.05) is 32.2 Å². The summed E-state index contributed by atoms with van der Waals surface area (Å²) in [5, 5.41) is 6.35. The summed E-state index contributed by atoms with van der Waals surface area (Å²) >= 11 is 0. The van der Waals surface area contributed by atoms with E-state index < -0.39 is 0 Å². The molecule has 182 valence electrons. The van der Waals surface area contributed by atoms with Crippen LogP contribution in [0.25, 0.3) is 0 Å². The average molecular weight is 568 g/mol. The number of hydrogen-bond donors (Lipinski definition) is 2. The minimum Gasteiger partial charge on any atom is -0.490 e. The number of pyridine rings is 1. The fourth-order valence-corrected chi connectivity index (χ4v) is 2.96. The van der Waals surface area contributed by atoms with Crippen LogP contribution in [-0.2, 0) is 17.8 Å². The first-order chi connectivity index (χ1) is 15.4. The Bertz CT molecular complexity index is 876. The fourth-order valence-electron chi connectivity index (χ4n) is 2.96. The maximum atomic E-state index is 12.5. The Labute approximate surface area is 215 Å². The number of benzene rings is 1. The molecule has 1 heterocycles. The molecule has 2 N–H and O–H groups in total. The fraction of sp³-hybridized carbons (Fsp3) is 0.480. The van der Waals surface area contributed by atoms with Crippen molar-refractivity contribution in [2.75, 3.05) is 26.7 Å². The molecule has 2 rings (SSSR count). The van der Waals surface area contributed by atoms with Crippen molar-refractivity contribution >= 4 is 35.8 Å². The third-order valence-electron chi connectivity index (χ3n) is 5.14. The summed E-state index contributed by atoms with van der Waals surface area (Å²) in [7, 11) is 1.81. The summed E-state index contributed by atoms with van der Waals surface area (Å²) in [6.45, 7) is 10.2. The summed E-state index contributed by atoms with van der Waals surface area (Å²) in [5.41, 5.74) is 3.15. The molecule has 1 aromatic heterocycles. The Balaban J connectivity index is 0.00000544. The van der Waals surface area contributed by atoms with Gasteiger partial charge in [-0.15, -0.1) is 24.0 Å². The number of aromatic nitrogens is 1. The molecule has 8 heteroatoms. The van der Waals surface area contributed by atoms with E-state index in [1.165, 1.54) is 0 Å². The SMILES string of the molecule is CCNC(=NCc1ccc(C)cc1OC(C)CC)NCC(=O)N(C)CCc1ccccn1.I. The highest BCUT2D eigenvalue weighted by atomic mass is 127. The van der Waals surface area contributed by atoms with Crippen molar-refractivity contribution in [3.63, 3.8) is 0 Å². The van der Waals surface area contributed by atoms with E-state index in [9.17, 15) is 4.79 Å². The zero-order valence-corrected chi connectivity index (χ0v) is 22.8. The molecule has 1 aromatic carbocycles. The molecular formula is C25H38IN5O2. The van der Waals surface area contributed by atoms with Gasteiger partial charge in [0.15, 0.2) is 5.96 Å². The summed E-state index contributed by atoms with van der Waals surface area (Å²) in [5.74, 6) is 1.47. The van der Waals surface area contributed by atoms with Crippen molar-refractivity contribution in [1.82, 2.24) is 20.5 Å². The molecule has 7 nitrogen and oxygen atoms in total. The van der Waals surface area contributed by atoms with Crippen molar-refractivity contribution < 1.29 is 9.53 Å². The summed E-state index contributed by atoms with van der Waals surface area (Å²) in [6.07, 6.45) is 3.58. The quantitative estimate of drug-likeness (QED) is 0.245. The Hall–Kier alpha value is -2.36. The highest BCUT2D eigenvalue weighted by Gasteiger charge is 2.11. The van der Waals surface area contributed by atoms with E-state index in [-0.39, 0.29) is 42.5 Å². The van der Waals surface area contributed by atoms with Crippen LogP contribution < -0.4 is 15.4 Å². The van der Waals surface area contributed by atoms with Crippen molar-refractivity contribution in [3.05, 3.63) is 59.4 Å². The van der Waals surface area contributed by atoms with E-state index in [1.54, 1.807) is 11.1 Å². The van der Waals surface area contributed by atoms with Crippen LogP contribution >= 0.6 is 24.0 Å². The van der Waals surface area contributed by atoms with Crippen molar-refractivity contribution in [1.29, 1.82) is 0 Å². The number of aryl methyl sites for hydroxylation is 1. The van der Waals surface area contributed by atoms with Gasteiger partial charge >= 0.3 is 0 Å². The van der Waals surface area contributed by atoms with E-state index in [4.69, 9.17) is 4.74 Å². The molecule has 0 fully saturated rings. The number of nitrogens with zero attached hydrogens (tertiary/aromatic N) is 3. The van der Waals surface area contributed by atoms with Gasteiger partial charge in [0.1, 0.15) is 5.75 Å². The maximum absolute atomic E-state index is 12.5. The van der Waals surface area contributed by atoms with Gasteiger partial charge in [-0.25, -0.2) is 4.99 Å². The highest BCUT2D eigenvalue weighted by Crippen LogP contribution is 2.23. The van der Waals surface area contributed by atoms with Crippen molar-refractivity contribution in [2.24, 2.45) is 4.99 Å². The van der Waals surface area contributed by atoms with E-state index in [2.05, 4.69) is 59.6 Å². The normalized spacial score (nSPS) is 11.8. The second kappa shape index (κ2) is 15.5. The van der Waals surface area contributed by atoms with Crippen LogP contribution in [0.1, 0.15) is 44.0 Å². The molecule has 1 amide bonds. The monoisotopic (exact) mass is 567 g/mol. The number of halogens is 1. The first-order valence-electron chi connectivity index (χ1n) is 11.3. The number of aliphatic imine (C=N–C) groups is 1. The first-order valence-corrected chi connectivity index (χ1v) is 11.3. The number of rotatable bonds is 11. The molecular weight excluding hydrogens is 529 g/mol. The van der Waals surface area contributed by atoms with Crippen LogP contribution in [0.2, 0.25) is 0 Å². The third-order valence-corrected chi connectivity index (χ3v) is 5.14. The largest absolute Gasteiger partial charge is 0.490 e. The predicted molar refractivity (Wildman–Crippen MR) is 145 cm³/mol. The lowest BCUT2D eigenvalue weighted by atomic mass is 10.1. The molecule has 0 aliphatic carbocycles. The molecule has 1 unspecified atom stereocenters. The van der Waals surface area contributed by atoms with Crippen LogP contribution in [0.5, 0.6) is 5.75 Å². The van der Waals surface area contributed by atoms with Crippen LogP contribution in [0.15, 0.2) is 47.6 Å². The van der Waals surface area contributed by atoms with Crippen LogP contribution in [0.4, 0.5) is 0 Å². The minimum absolute atomic E-state index is 0. The molecule has 2 aromatic rings. The summed E-state index contributed by atoms with van der Waals surface area (Å²) < 4.78 is 6.08. The second-order valence-electron chi connectivity index (χ2n) is 7.88. The molecule has 0 aliphatic heterocycles. The number of guanidine groups is 1. The number of amides is 1. The van der Waals surface area contributed by atoms with Gasteiger partial charge in [0.25, 0.3) is 0 Å². The van der Waals surface area contributed by atoms with Crippen molar-refractivity contribution in [3.8, 4) is 5.75 Å². The maximum Gasteiger partial charge on any atom is 0.241 e. The van der Waals surface area contributed by atoms with Gasteiger partial charge in [-0.05, 0) is 51.0 Å². The average Bonchev–Trinajstić information content (AvgIpc) is 2.80. The Morgan fingerprint density at radius 2 is 2.00 bits per heavy atom.